The van der Waals surface area contributed by atoms with Gasteiger partial charge in [0.2, 0.25) is 0 Å². The van der Waals surface area contributed by atoms with E-state index in [1.807, 2.05) is 12.1 Å². The van der Waals surface area contributed by atoms with Gasteiger partial charge in [0.15, 0.2) is 0 Å². The lowest BCUT2D eigenvalue weighted by atomic mass is 9.76. The van der Waals surface area contributed by atoms with Gasteiger partial charge in [0.1, 0.15) is 17.4 Å². The van der Waals surface area contributed by atoms with Gasteiger partial charge in [-0.05, 0) is 96.5 Å². The standard InChI is InChI=1S/C30H33F5O/c1-2-3-4-5-20-8-11-23(12-9-20)29-27(31)17-22(18-28(29)32)7-6-21-10-13-25-19-26(36-30(33,34)35)15-14-24(25)16-21/h10,13-20,23H,2-9,11-12H2,1H3/t20-,23-. The number of unbranched alkanes of at least 4 members (excludes halogenated alkanes) is 2. The van der Waals surface area contributed by atoms with E-state index >= 15 is 0 Å². The molecule has 0 radical (unpaired) electrons. The number of alkyl halides is 3. The molecular weight excluding hydrogens is 471 g/mol. The summed E-state index contributed by atoms with van der Waals surface area (Å²) in [6.07, 6.45) is 5.01. The Morgan fingerprint density at radius 2 is 1.42 bits per heavy atom. The minimum atomic E-state index is -4.73. The number of fused-ring (bicyclic) bond motifs is 1. The fraction of sp³-hybridized carbons (Fsp3) is 0.467. The Labute approximate surface area is 209 Å². The monoisotopic (exact) mass is 504 g/mol. The summed E-state index contributed by atoms with van der Waals surface area (Å²) in [5.41, 5.74) is 1.79. The average Bonchev–Trinajstić information content (AvgIpc) is 2.82. The van der Waals surface area contributed by atoms with E-state index in [1.54, 1.807) is 12.1 Å². The molecule has 0 saturated heterocycles. The molecule has 4 rings (SSSR count). The van der Waals surface area contributed by atoms with Crippen LogP contribution in [0.5, 0.6) is 5.75 Å². The first-order valence-electron chi connectivity index (χ1n) is 13.0. The van der Waals surface area contributed by atoms with Crippen molar-refractivity contribution in [2.75, 3.05) is 0 Å². The molecule has 0 atom stereocenters. The van der Waals surface area contributed by atoms with Crippen LogP contribution in [0.3, 0.4) is 0 Å². The second-order valence-electron chi connectivity index (χ2n) is 10.1. The molecule has 1 nitrogen and oxygen atoms in total. The van der Waals surface area contributed by atoms with E-state index in [0.29, 0.717) is 29.7 Å². The zero-order valence-corrected chi connectivity index (χ0v) is 20.6. The van der Waals surface area contributed by atoms with E-state index < -0.39 is 18.0 Å². The molecule has 0 aliphatic heterocycles. The summed E-state index contributed by atoms with van der Waals surface area (Å²) in [7, 11) is 0. The van der Waals surface area contributed by atoms with Crippen LogP contribution in [0.2, 0.25) is 0 Å². The van der Waals surface area contributed by atoms with Crippen LogP contribution < -0.4 is 4.74 Å². The lowest BCUT2D eigenvalue weighted by Gasteiger charge is -2.29. The normalized spacial score (nSPS) is 18.5. The maximum Gasteiger partial charge on any atom is 0.573 e. The molecule has 0 aromatic heterocycles. The molecule has 0 spiro atoms. The van der Waals surface area contributed by atoms with Crippen molar-refractivity contribution in [1.29, 1.82) is 0 Å². The Morgan fingerprint density at radius 1 is 0.778 bits per heavy atom. The van der Waals surface area contributed by atoms with Gasteiger partial charge in [-0.25, -0.2) is 8.78 Å². The van der Waals surface area contributed by atoms with Gasteiger partial charge in [-0.2, -0.15) is 0 Å². The van der Waals surface area contributed by atoms with Crippen molar-refractivity contribution in [3.63, 3.8) is 0 Å². The highest BCUT2D eigenvalue weighted by molar-refractivity contribution is 5.84. The van der Waals surface area contributed by atoms with Crippen molar-refractivity contribution < 1.29 is 26.7 Å². The molecular formula is C30H33F5O. The second-order valence-corrected chi connectivity index (χ2v) is 10.1. The van der Waals surface area contributed by atoms with Crippen molar-refractivity contribution in [2.24, 2.45) is 5.92 Å². The summed E-state index contributed by atoms with van der Waals surface area (Å²) in [5.74, 6) is -0.527. The minimum absolute atomic E-state index is 0.0480. The van der Waals surface area contributed by atoms with Crippen molar-refractivity contribution in [1.82, 2.24) is 0 Å². The Balaban J connectivity index is 1.37. The molecule has 1 aliphatic carbocycles. The van der Waals surface area contributed by atoms with Gasteiger partial charge in [0.05, 0.1) is 0 Å². The van der Waals surface area contributed by atoms with Crippen molar-refractivity contribution in [2.45, 2.75) is 83.4 Å². The molecule has 194 valence electrons. The Morgan fingerprint density at radius 3 is 2.08 bits per heavy atom. The number of hydrogen-bond donors (Lipinski definition) is 0. The highest BCUT2D eigenvalue weighted by Crippen LogP contribution is 2.40. The molecule has 0 heterocycles. The van der Waals surface area contributed by atoms with E-state index in [9.17, 15) is 22.0 Å². The number of aryl methyl sites for hydroxylation is 2. The van der Waals surface area contributed by atoms with Crippen molar-refractivity contribution >= 4 is 10.8 Å². The Kier molecular flexibility index (Phi) is 8.53. The maximum absolute atomic E-state index is 15.0. The Hall–Kier alpha value is -2.63. The third-order valence-electron chi connectivity index (χ3n) is 7.42. The summed E-state index contributed by atoms with van der Waals surface area (Å²) in [4.78, 5) is 0. The summed E-state index contributed by atoms with van der Waals surface area (Å²) in [6.45, 7) is 2.20. The van der Waals surface area contributed by atoms with Gasteiger partial charge in [0.25, 0.3) is 0 Å². The number of rotatable bonds is 9. The molecule has 3 aromatic rings. The lowest BCUT2D eigenvalue weighted by molar-refractivity contribution is -0.274. The first kappa shape index (κ1) is 26.4. The van der Waals surface area contributed by atoms with Gasteiger partial charge >= 0.3 is 6.36 Å². The van der Waals surface area contributed by atoms with Crippen molar-refractivity contribution in [3.05, 3.63) is 76.9 Å². The highest BCUT2D eigenvalue weighted by atomic mass is 19.4. The smallest absolute Gasteiger partial charge is 0.406 e. The van der Waals surface area contributed by atoms with E-state index in [0.717, 1.165) is 36.6 Å². The number of halogens is 5. The molecule has 3 aromatic carbocycles. The molecule has 1 aliphatic rings. The third kappa shape index (κ3) is 6.98. The number of hydrogen-bond acceptors (Lipinski definition) is 1. The van der Waals surface area contributed by atoms with Gasteiger partial charge in [-0.15, -0.1) is 13.2 Å². The fourth-order valence-corrected chi connectivity index (χ4v) is 5.51. The molecule has 36 heavy (non-hydrogen) atoms. The average molecular weight is 505 g/mol. The summed E-state index contributed by atoms with van der Waals surface area (Å²) >= 11 is 0. The second kappa shape index (κ2) is 11.6. The minimum Gasteiger partial charge on any atom is -0.406 e. The van der Waals surface area contributed by atoms with Crippen LogP contribution in [-0.2, 0) is 12.8 Å². The molecule has 0 bridgehead atoms. The van der Waals surface area contributed by atoms with Crippen LogP contribution in [0.15, 0.2) is 48.5 Å². The summed E-state index contributed by atoms with van der Waals surface area (Å²) in [6, 6.07) is 12.6. The molecule has 0 unspecified atom stereocenters. The predicted molar refractivity (Wildman–Crippen MR) is 133 cm³/mol. The zero-order chi connectivity index (χ0) is 25.7. The molecule has 6 heteroatoms. The predicted octanol–water partition coefficient (Wildman–Crippen LogP) is 9.66. The van der Waals surface area contributed by atoms with Crippen LogP contribution in [0, 0.1) is 17.6 Å². The first-order chi connectivity index (χ1) is 17.2. The highest BCUT2D eigenvalue weighted by Gasteiger charge is 2.31. The lowest BCUT2D eigenvalue weighted by Crippen LogP contribution is -2.16. The number of benzene rings is 3. The van der Waals surface area contributed by atoms with Gasteiger partial charge in [-0.1, -0.05) is 56.9 Å². The summed E-state index contributed by atoms with van der Waals surface area (Å²) < 4.78 is 71.3. The van der Waals surface area contributed by atoms with E-state index in [-0.39, 0.29) is 17.2 Å². The van der Waals surface area contributed by atoms with E-state index in [1.165, 1.54) is 49.9 Å². The Bertz CT molecular complexity index is 1140. The molecule has 0 amide bonds. The summed E-state index contributed by atoms with van der Waals surface area (Å²) in [5, 5.41) is 1.40. The molecule has 1 saturated carbocycles. The molecule has 0 N–H and O–H groups in total. The van der Waals surface area contributed by atoms with Gasteiger partial charge in [0, 0.05) is 5.56 Å². The first-order valence-corrected chi connectivity index (χ1v) is 13.0. The van der Waals surface area contributed by atoms with E-state index in [2.05, 4.69) is 11.7 Å². The van der Waals surface area contributed by atoms with Crippen LogP contribution in [-0.4, -0.2) is 6.36 Å². The van der Waals surface area contributed by atoms with E-state index in [4.69, 9.17) is 0 Å². The van der Waals surface area contributed by atoms with Crippen LogP contribution >= 0.6 is 0 Å². The quantitative estimate of drug-likeness (QED) is 0.208. The van der Waals surface area contributed by atoms with Crippen LogP contribution in [0.4, 0.5) is 22.0 Å². The van der Waals surface area contributed by atoms with Crippen LogP contribution in [0.1, 0.15) is 80.9 Å². The number of ether oxygens (including phenoxy) is 1. The maximum atomic E-state index is 15.0. The van der Waals surface area contributed by atoms with Crippen LogP contribution in [0.25, 0.3) is 10.8 Å². The topological polar surface area (TPSA) is 9.23 Å². The SMILES string of the molecule is CCCCC[C@H]1CC[C@H](c2c(F)cc(CCc3ccc4cc(OC(F)(F)F)ccc4c3)cc2F)CC1. The molecule has 1 fully saturated rings. The zero-order valence-electron chi connectivity index (χ0n) is 20.6. The van der Waals surface area contributed by atoms with Crippen molar-refractivity contribution in [3.8, 4) is 5.75 Å². The van der Waals surface area contributed by atoms with Gasteiger partial charge < -0.3 is 4.74 Å². The largest absolute Gasteiger partial charge is 0.573 e. The third-order valence-corrected chi connectivity index (χ3v) is 7.42. The van der Waals surface area contributed by atoms with Gasteiger partial charge in [-0.3, -0.25) is 0 Å². The fourth-order valence-electron chi connectivity index (χ4n) is 5.51.